The van der Waals surface area contributed by atoms with Gasteiger partial charge >= 0.3 is 0 Å². The van der Waals surface area contributed by atoms with Crippen molar-refractivity contribution in [1.29, 1.82) is 0 Å². The van der Waals surface area contributed by atoms with Crippen LogP contribution in [0.25, 0.3) is 0 Å². The van der Waals surface area contributed by atoms with Gasteiger partial charge in [0.2, 0.25) is 5.91 Å². The molecule has 2 nitrogen and oxygen atoms in total. The lowest BCUT2D eigenvalue weighted by molar-refractivity contribution is -0.117. The summed E-state index contributed by atoms with van der Waals surface area (Å²) >= 11 is 0. The molecule has 0 saturated carbocycles. The van der Waals surface area contributed by atoms with Gasteiger partial charge in [-0.15, -0.1) is 0 Å². The maximum Gasteiger partial charge on any atom is 0.221 e. The summed E-state index contributed by atoms with van der Waals surface area (Å²) in [5.74, 6) is 0.259. The van der Waals surface area contributed by atoms with Gasteiger partial charge in [0, 0.05) is 6.42 Å². The second-order valence-corrected chi connectivity index (χ2v) is 3.22. The van der Waals surface area contributed by atoms with Crippen LogP contribution in [0.5, 0.6) is 0 Å². The third-order valence-electron chi connectivity index (χ3n) is 1.37. The molecule has 0 aliphatic carbocycles. The van der Waals surface area contributed by atoms with Gasteiger partial charge in [0.05, 0.1) is 0 Å². The van der Waals surface area contributed by atoms with Crippen molar-refractivity contribution in [2.75, 3.05) is 0 Å². The number of hydrogen-bond acceptors (Lipinski definition) is 1. The van der Waals surface area contributed by atoms with E-state index in [9.17, 15) is 4.79 Å². The van der Waals surface area contributed by atoms with Gasteiger partial charge in [-0.3, -0.25) is 4.79 Å². The Morgan fingerprint density at radius 1 is 1.50 bits per heavy atom. The normalized spacial score (nSPS) is 12.8. The average molecular weight is 167 g/mol. The Morgan fingerprint density at radius 3 is 2.50 bits per heavy atom. The Balaban J connectivity index is 3.93. The second kappa shape index (κ2) is 5.58. The van der Waals surface area contributed by atoms with E-state index in [1.165, 1.54) is 0 Å². The number of carbonyl (C=O) groups excluding carboxylic acids is 1. The van der Waals surface area contributed by atoms with E-state index in [4.69, 9.17) is 5.73 Å². The third kappa shape index (κ3) is 7.06. The molecule has 0 aromatic carbocycles. The van der Waals surface area contributed by atoms with Crippen LogP contribution in [0, 0.1) is 5.92 Å². The highest BCUT2D eigenvalue weighted by Crippen LogP contribution is 2.01. The second-order valence-electron chi connectivity index (χ2n) is 3.22. The van der Waals surface area contributed by atoms with Crippen LogP contribution in [0.1, 0.15) is 27.2 Å². The van der Waals surface area contributed by atoms with E-state index < -0.39 is 0 Å². The van der Waals surface area contributed by atoms with Gasteiger partial charge in [-0.05, 0) is 12.8 Å². The van der Waals surface area contributed by atoms with Crippen molar-refractivity contribution in [3.63, 3.8) is 0 Å². The van der Waals surface area contributed by atoms with Gasteiger partial charge in [-0.1, -0.05) is 37.6 Å². The first-order valence-electron chi connectivity index (χ1n) is 4.15. The first-order valence-corrected chi connectivity index (χ1v) is 4.15. The lowest BCUT2D eigenvalue weighted by atomic mass is 10.1. The van der Waals surface area contributed by atoms with Crippen LogP contribution in [-0.2, 0) is 4.79 Å². The highest BCUT2D eigenvalue weighted by molar-refractivity contribution is 5.75. The molecule has 0 saturated heterocycles. The smallest absolute Gasteiger partial charge is 0.221 e. The van der Waals surface area contributed by atoms with Crippen LogP contribution < -0.4 is 5.73 Å². The molecule has 0 rings (SSSR count). The SMILES string of the molecule is CC(/C=C\C(C)C)=C/CC(N)=O. The molecule has 0 unspecified atom stereocenters. The van der Waals surface area contributed by atoms with Crippen LogP contribution in [0.4, 0.5) is 0 Å². The zero-order valence-electron chi connectivity index (χ0n) is 8.00. The maximum absolute atomic E-state index is 10.4. The average Bonchev–Trinajstić information content (AvgIpc) is 1.96. The van der Waals surface area contributed by atoms with E-state index in [0.29, 0.717) is 12.3 Å². The van der Waals surface area contributed by atoms with Gasteiger partial charge in [-0.2, -0.15) is 0 Å². The molecule has 0 atom stereocenters. The van der Waals surface area contributed by atoms with E-state index in [-0.39, 0.29) is 5.91 Å². The number of primary amides is 1. The van der Waals surface area contributed by atoms with E-state index in [1.807, 2.05) is 19.1 Å². The zero-order valence-corrected chi connectivity index (χ0v) is 8.00. The van der Waals surface area contributed by atoms with Gasteiger partial charge in [-0.25, -0.2) is 0 Å². The summed E-state index contributed by atoms with van der Waals surface area (Å²) in [4.78, 5) is 10.4. The summed E-state index contributed by atoms with van der Waals surface area (Å²) in [6.45, 7) is 6.18. The number of nitrogens with two attached hydrogens (primary N) is 1. The Labute approximate surface area is 74.1 Å². The number of hydrogen-bond donors (Lipinski definition) is 1. The predicted octanol–water partition coefficient (Wildman–Crippen LogP) is 2.02. The number of amides is 1. The summed E-state index contributed by atoms with van der Waals surface area (Å²) in [6.07, 6.45) is 6.26. The summed E-state index contributed by atoms with van der Waals surface area (Å²) in [6, 6.07) is 0. The largest absolute Gasteiger partial charge is 0.369 e. The van der Waals surface area contributed by atoms with Crippen LogP contribution >= 0.6 is 0 Å². The zero-order chi connectivity index (χ0) is 9.56. The highest BCUT2D eigenvalue weighted by atomic mass is 16.1. The van der Waals surface area contributed by atoms with Crippen LogP contribution in [0.2, 0.25) is 0 Å². The topological polar surface area (TPSA) is 43.1 Å². The molecule has 0 aliphatic rings. The van der Waals surface area contributed by atoms with E-state index >= 15 is 0 Å². The standard InChI is InChI=1S/C10H17NO/c1-8(2)4-5-9(3)6-7-10(11)12/h4-6,8H,7H2,1-3H3,(H2,11,12)/b5-4-,9-6-. The van der Waals surface area contributed by atoms with E-state index in [1.54, 1.807) is 0 Å². The van der Waals surface area contributed by atoms with Gasteiger partial charge in [0.25, 0.3) is 0 Å². The van der Waals surface area contributed by atoms with Crippen molar-refractivity contribution in [3.8, 4) is 0 Å². The molecule has 68 valence electrons. The first kappa shape index (κ1) is 11.0. The molecule has 0 bridgehead atoms. The lowest BCUT2D eigenvalue weighted by Gasteiger charge is -1.94. The maximum atomic E-state index is 10.4. The summed E-state index contributed by atoms with van der Waals surface area (Å²) in [7, 11) is 0. The number of rotatable bonds is 4. The minimum atomic E-state index is -0.285. The summed E-state index contributed by atoms with van der Waals surface area (Å²) in [5, 5.41) is 0. The van der Waals surface area contributed by atoms with E-state index in [0.717, 1.165) is 5.57 Å². The monoisotopic (exact) mass is 167 g/mol. The van der Waals surface area contributed by atoms with Crippen molar-refractivity contribution < 1.29 is 4.79 Å². The summed E-state index contributed by atoms with van der Waals surface area (Å²) in [5.41, 5.74) is 6.07. The summed E-state index contributed by atoms with van der Waals surface area (Å²) < 4.78 is 0. The fourth-order valence-electron chi connectivity index (χ4n) is 0.674. The molecule has 0 aliphatic heterocycles. The lowest BCUT2D eigenvalue weighted by Crippen LogP contribution is -2.08. The molecule has 0 aromatic heterocycles. The molecule has 2 N–H and O–H groups in total. The Morgan fingerprint density at radius 2 is 2.08 bits per heavy atom. The van der Waals surface area contributed by atoms with Gasteiger partial charge < -0.3 is 5.73 Å². The quantitative estimate of drug-likeness (QED) is 0.639. The fraction of sp³-hybridized carbons (Fsp3) is 0.500. The highest BCUT2D eigenvalue weighted by Gasteiger charge is 1.89. The Kier molecular flexibility index (Phi) is 5.09. The Hall–Kier alpha value is -1.05. The molecule has 0 radical (unpaired) electrons. The number of carbonyl (C=O) groups is 1. The number of allylic oxidation sites excluding steroid dienone is 3. The van der Waals surface area contributed by atoms with Crippen LogP contribution in [0.15, 0.2) is 23.8 Å². The first-order chi connectivity index (χ1) is 5.52. The van der Waals surface area contributed by atoms with Crippen LogP contribution in [-0.4, -0.2) is 5.91 Å². The molecule has 0 fully saturated rings. The molecule has 0 aromatic rings. The van der Waals surface area contributed by atoms with Crippen molar-refractivity contribution >= 4 is 5.91 Å². The molecule has 12 heavy (non-hydrogen) atoms. The molecular formula is C10H17NO. The minimum Gasteiger partial charge on any atom is -0.369 e. The van der Waals surface area contributed by atoms with Crippen molar-refractivity contribution in [2.45, 2.75) is 27.2 Å². The molecule has 2 heteroatoms. The van der Waals surface area contributed by atoms with Crippen molar-refractivity contribution in [1.82, 2.24) is 0 Å². The van der Waals surface area contributed by atoms with Crippen LogP contribution in [0.3, 0.4) is 0 Å². The van der Waals surface area contributed by atoms with Crippen molar-refractivity contribution in [3.05, 3.63) is 23.8 Å². The third-order valence-corrected chi connectivity index (χ3v) is 1.37. The van der Waals surface area contributed by atoms with Gasteiger partial charge in [0.1, 0.15) is 0 Å². The predicted molar refractivity (Wildman–Crippen MR) is 51.5 cm³/mol. The van der Waals surface area contributed by atoms with E-state index in [2.05, 4.69) is 19.9 Å². The molecule has 1 amide bonds. The molecular weight excluding hydrogens is 150 g/mol. The van der Waals surface area contributed by atoms with Gasteiger partial charge in [0.15, 0.2) is 0 Å². The Bertz CT molecular complexity index is 202. The minimum absolute atomic E-state index is 0.285. The molecule has 0 spiro atoms. The fourth-order valence-corrected chi connectivity index (χ4v) is 0.674. The molecule has 0 heterocycles. The van der Waals surface area contributed by atoms with Crippen molar-refractivity contribution in [2.24, 2.45) is 11.7 Å².